The van der Waals surface area contributed by atoms with Crippen LogP contribution in [-0.2, 0) is 12.8 Å². The van der Waals surface area contributed by atoms with Crippen molar-refractivity contribution in [2.45, 2.75) is 232 Å². The van der Waals surface area contributed by atoms with Gasteiger partial charge in [0, 0.05) is 41.9 Å². The summed E-state index contributed by atoms with van der Waals surface area (Å²) >= 11 is 7.62. The summed E-state index contributed by atoms with van der Waals surface area (Å²) in [6.45, 7) is 4.61. The summed E-state index contributed by atoms with van der Waals surface area (Å²) in [5.41, 5.74) is 12.8. The van der Waals surface area contributed by atoms with Gasteiger partial charge in [0.25, 0.3) is 0 Å². The highest BCUT2D eigenvalue weighted by atomic mass is 79.9. The monoisotopic (exact) mass is 1140 g/mol. The van der Waals surface area contributed by atoms with Gasteiger partial charge in [0.05, 0.1) is 22.1 Å². The number of benzene rings is 6. The van der Waals surface area contributed by atoms with E-state index in [1.54, 1.807) is 0 Å². The van der Waals surface area contributed by atoms with Crippen LogP contribution in [0.2, 0.25) is 0 Å². The van der Waals surface area contributed by atoms with Gasteiger partial charge < -0.3 is 9.13 Å². The van der Waals surface area contributed by atoms with E-state index >= 15 is 0 Å². The van der Waals surface area contributed by atoms with Crippen LogP contribution < -0.4 is 0 Å². The number of fused-ring (bicyclic) bond motifs is 6. The number of unbranched alkanes of at least 4 members (excludes halogenated alkanes) is 30. The molecular weight excluding hydrogens is 1050 g/mol. The van der Waals surface area contributed by atoms with Gasteiger partial charge >= 0.3 is 0 Å². The minimum Gasteiger partial charge on any atom is -0.309 e. The third-order valence-electron chi connectivity index (χ3n) is 16.8. The minimum absolute atomic E-state index is 1.11. The summed E-state index contributed by atoms with van der Waals surface area (Å²) in [5.74, 6) is 0. The zero-order valence-corrected chi connectivity index (χ0v) is 50.4. The van der Waals surface area contributed by atoms with Crippen molar-refractivity contribution in [2.24, 2.45) is 0 Å². The maximum absolute atomic E-state index is 3.81. The van der Waals surface area contributed by atoms with Crippen LogP contribution in [0.5, 0.6) is 0 Å². The Kier molecular flexibility index (Phi) is 24.5. The van der Waals surface area contributed by atoms with E-state index in [0.717, 1.165) is 21.8 Å². The number of hydrogen-bond acceptors (Lipinski definition) is 0. The molecule has 8 rings (SSSR count). The summed E-state index contributed by atoms with van der Waals surface area (Å²) in [5, 5.41) is 5.32. The first kappa shape index (κ1) is 58.0. The number of rotatable bonds is 37. The second kappa shape index (κ2) is 32.1. The van der Waals surface area contributed by atoms with Gasteiger partial charge in [-0.3, -0.25) is 0 Å². The second-order valence-electron chi connectivity index (χ2n) is 22.9. The summed E-state index contributed by atoms with van der Waals surface area (Å²) < 4.78 is 7.12. The van der Waals surface area contributed by atoms with Crippen molar-refractivity contribution < 1.29 is 0 Å². The number of hydrogen-bond donors (Lipinski definition) is 0. The lowest BCUT2D eigenvalue weighted by molar-refractivity contribution is 0.529. The van der Waals surface area contributed by atoms with E-state index in [4.69, 9.17) is 0 Å². The second-order valence-corrected chi connectivity index (χ2v) is 24.7. The Labute approximate surface area is 477 Å². The summed E-state index contributed by atoms with van der Waals surface area (Å²) in [7, 11) is 0. The molecule has 0 aliphatic heterocycles. The number of nitrogens with zero attached hydrogens (tertiary/aromatic N) is 2. The van der Waals surface area contributed by atoms with Crippen LogP contribution in [0.1, 0.15) is 230 Å². The minimum atomic E-state index is 1.11. The topological polar surface area (TPSA) is 9.86 Å². The fraction of sp³-hybridized carbons (Fsp3) is 0.500. The van der Waals surface area contributed by atoms with E-state index in [9.17, 15) is 0 Å². The zero-order valence-electron chi connectivity index (χ0n) is 47.2. The van der Waals surface area contributed by atoms with E-state index < -0.39 is 0 Å². The average Bonchev–Trinajstić information content (AvgIpc) is 3.96. The molecule has 0 amide bonds. The number of aryl methyl sites for hydroxylation is 2. The highest BCUT2D eigenvalue weighted by Gasteiger charge is 2.16. The Morgan fingerprint density at radius 1 is 0.263 bits per heavy atom. The van der Waals surface area contributed by atoms with Crippen LogP contribution in [-0.4, -0.2) is 9.13 Å². The predicted octanol–water partition coefficient (Wildman–Crippen LogP) is 24.7. The molecule has 76 heavy (non-hydrogen) atoms. The molecule has 406 valence electrons. The maximum Gasteiger partial charge on any atom is 0.0552 e. The molecule has 0 aliphatic rings. The smallest absolute Gasteiger partial charge is 0.0552 e. The molecule has 0 fully saturated rings. The average molecular weight is 1150 g/mol. The van der Waals surface area contributed by atoms with Crippen LogP contribution >= 0.6 is 31.9 Å². The van der Waals surface area contributed by atoms with Crippen molar-refractivity contribution in [1.29, 1.82) is 0 Å². The zero-order chi connectivity index (χ0) is 52.6. The predicted molar refractivity (Wildman–Crippen MR) is 342 cm³/mol. The van der Waals surface area contributed by atoms with Crippen LogP contribution in [0.15, 0.2) is 130 Å². The lowest BCUT2D eigenvalue weighted by Gasteiger charge is -2.12. The molecule has 2 nitrogen and oxygen atoms in total. The Balaban J connectivity index is 0.826. The van der Waals surface area contributed by atoms with Crippen LogP contribution in [0, 0.1) is 0 Å². The molecule has 4 heteroatoms. The van der Waals surface area contributed by atoms with Gasteiger partial charge in [0.2, 0.25) is 0 Å². The van der Waals surface area contributed by atoms with Crippen molar-refractivity contribution in [3.63, 3.8) is 0 Å². The molecule has 0 radical (unpaired) electrons. The summed E-state index contributed by atoms with van der Waals surface area (Å²) in [6, 6.07) is 46.4. The normalized spacial score (nSPS) is 11.9. The highest BCUT2D eigenvalue weighted by molar-refractivity contribution is 9.10. The molecule has 8 aromatic rings. The Morgan fingerprint density at radius 3 is 0.855 bits per heavy atom. The van der Waals surface area contributed by atoms with E-state index in [2.05, 4.69) is 176 Å². The maximum atomic E-state index is 3.81. The van der Waals surface area contributed by atoms with Crippen molar-refractivity contribution in [3.8, 4) is 22.5 Å². The molecular formula is C72H94Br2N2. The Hall–Kier alpha value is -4.12. The fourth-order valence-corrected chi connectivity index (χ4v) is 13.0. The van der Waals surface area contributed by atoms with Gasteiger partial charge in [-0.1, -0.05) is 287 Å². The van der Waals surface area contributed by atoms with Gasteiger partial charge in [-0.15, -0.1) is 0 Å². The molecule has 2 aromatic heterocycles. The molecule has 0 saturated heterocycles. The highest BCUT2D eigenvalue weighted by Crippen LogP contribution is 2.38. The van der Waals surface area contributed by atoms with Gasteiger partial charge in [-0.2, -0.15) is 0 Å². The molecule has 0 saturated carbocycles. The lowest BCUT2D eigenvalue weighted by Crippen LogP contribution is -1.95. The van der Waals surface area contributed by atoms with Gasteiger partial charge in [0.1, 0.15) is 0 Å². The largest absolute Gasteiger partial charge is 0.309 e. The quantitative estimate of drug-likeness (QED) is 0.0344. The molecule has 0 atom stereocenters. The Morgan fingerprint density at radius 2 is 0.553 bits per heavy atom. The van der Waals surface area contributed by atoms with E-state index in [-0.39, 0.29) is 0 Å². The van der Waals surface area contributed by atoms with Gasteiger partial charge in [-0.25, -0.2) is 0 Å². The van der Waals surface area contributed by atoms with Crippen LogP contribution in [0.4, 0.5) is 0 Å². The molecule has 0 bridgehead atoms. The van der Waals surface area contributed by atoms with Crippen molar-refractivity contribution in [3.05, 3.63) is 141 Å². The molecule has 0 unspecified atom stereocenters. The number of halogens is 2. The first-order valence-corrected chi connectivity index (χ1v) is 32.8. The van der Waals surface area contributed by atoms with Crippen molar-refractivity contribution >= 4 is 75.5 Å². The van der Waals surface area contributed by atoms with Crippen LogP contribution in [0.25, 0.3) is 66.1 Å². The number of aromatic nitrogens is 2. The van der Waals surface area contributed by atoms with Crippen LogP contribution in [0.3, 0.4) is 0 Å². The summed E-state index contributed by atoms with van der Waals surface area (Å²) in [4.78, 5) is 0. The third-order valence-corrected chi connectivity index (χ3v) is 17.8. The van der Waals surface area contributed by atoms with Crippen molar-refractivity contribution in [2.75, 3.05) is 0 Å². The first-order chi connectivity index (χ1) is 37.5. The van der Waals surface area contributed by atoms with E-state index in [0.29, 0.717) is 0 Å². The SMILES string of the molecule is CCCCCCCCCCCCCCCCCCc1ccc2c(c1)c1ccc(Br)cc1n2-c1ccc(-c2ccc(-n3c4ccc(CCCCCCCCCCCCCCCCCC)cc4c4ccc(Br)cc43)cc2)cc1. The molecule has 6 aromatic carbocycles. The molecule has 2 heterocycles. The standard InChI is InChI=1S/C72H94Br2N2/c1-3-5-7-9-11-13-15-17-19-21-23-25-27-29-31-33-35-57-37-51-69-67(53-57)65-49-43-61(73)55-71(65)75(69)63-45-39-59(40-46-63)60-41-47-64(48-42-60)76-70-52-38-58(54-68(70)66-50-44-62(74)56-72(66)76)36-34-32-30-28-26-24-22-20-18-16-14-12-10-8-6-4-2/h37-56H,3-36H2,1-2H3. The Bertz CT molecular complexity index is 2730. The van der Waals surface area contributed by atoms with E-state index in [1.807, 2.05) is 0 Å². The van der Waals surface area contributed by atoms with Gasteiger partial charge in [0.15, 0.2) is 0 Å². The molecule has 0 aliphatic carbocycles. The van der Waals surface area contributed by atoms with E-state index in [1.165, 1.54) is 283 Å². The third kappa shape index (κ3) is 16.9. The summed E-state index contributed by atoms with van der Waals surface area (Å²) in [6.07, 6.45) is 47.4. The first-order valence-electron chi connectivity index (χ1n) is 31.2. The molecule has 0 N–H and O–H groups in total. The lowest BCUT2D eigenvalue weighted by atomic mass is 10.0. The van der Waals surface area contributed by atoms with Crippen molar-refractivity contribution in [1.82, 2.24) is 9.13 Å². The fourth-order valence-electron chi connectivity index (χ4n) is 12.3. The van der Waals surface area contributed by atoms with Gasteiger partial charge in [-0.05, 0) is 121 Å². The molecule has 0 spiro atoms.